The highest BCUT2D eigenvalue weighted by molar-refractivity contribution is 6.46. The second-order valence-electron chi connectivity index (χ2n) is 1.70. The Labute approximate surface area is 75.1 Å². The number of nitrogens with two attached hydrogens (primary N) is 1. The molecule has 0 radical (unpaired) electrons. The summed E-state index contributed by atoms with van der Waals surface area (Å²) in [7, 11) is 0. The summed E-state index contributed by atoms with van der Waals surface area (Å²) in [4.78, 5) is 9.80. The van der Waals surface area contributed by atoms with Crippen molar-refractivity contribution in [2.24, 2.45) is 5.73 Å². The van der Waals surface area contributed by atoms with Crippen LogP contribution in [-0.2, 0) is 9.53 Å². The third kappa shape index (κ3) is 4.93. The number of rotatable bonds is 3. The molecule has 0 saturated carbocycles. The number of carbonyl (C=O) groups is 1. The van der Waals surface area contributed by atoms with Gasteiger partial charge in [0, 0.05) is 11.8 Å². The van der Waals surface area contributed by atoms with Crippen molar-refractivity contribution >= 4 is 29.2 Å². The summed E-state index contributed by atoms with van der Waals surface area (Å²) < 4.78 is 4.55. The Balaban J connectivity index is 3.97. The van der Waals surface area contributed by atoms with E-state index in [0.29, 0.717) is 6.61 Å². The second kappa shape index (κ2) is 5.27. The van der Waals surface area contributed by atoms with E-state index in [2.05, 4.69) is 4.74 Å². The highest BCUT2D eigenvalue weighted by Crippen LogP contribution is 2.08. The smallest absolute Gasteiger partial charge is 0.332 e. The average molecular weight is 198 g/mol. The van der Waals surface area contributed by atoms with Crippen LogP contribution in [0.3, 0.4) is 0 Å². The Bertz CT molecular complexity index is 168. The molecule has 0 aliphatic rings. The van der Waals surface area contributed by atoms with Crippen LogP contribution < -0.4 is 5.73 Å². The zero-order chi connectivity index (χ0) is 8.85. The lowest BCUT2D eigenvalue weighted by Crippen LogP contribution is -2.10. The minimum absolute atomic E-state index is 0.0896. The zero-order valence-electron chi connectivity index (χ0n) is 6.01. The molecule has 0 bridgehead atoms. The summed E-state index contributed by atoms with van der Waals surface area (Å²) in [5.74, 6) is -0.531. The second-order valence-corrected chi connectivity index (χ2v) is 2.79. The van der Waals surface area contributed by atoms with Crippen LogP contribution in [0.25, 0.3) is 0 Å². The molecule has 0 aromatic carbocycles. The number of hydrogen-bond donors (Lipinski definition) is 1. The molecular formula is C6H9Cl2NO2. The van der Waals surface area contributed by atoms with Gasteiger partial charge < -0.3 is 10.5 Å². The molecule has 3 nitrogen and oxygen atoms in total. The fraction of sp³-hybridized carbons (Fsp3) is 0.500. The molecule has 0 heterocycles. The molecule has 0 fully saturated rings. The predicted molar refractivity (Wildman–Crippen MR) is 44.4 cm³/mol. The lowest BCUT2D eigenvalue weighted by Gasteiger charge is -2.00. The van der Waals surface area contributed by atoms with Crippen molar-refractivity contribution in [3.63, 3.8) is 0 Å². The highest BCUT2D eigenvalue weighted by Gasteiger charge is 2.05. The van der Waals surface area contributed by atoms with Crippen molar-refractivity contribution in [3.05, 3.63) is 11.8 Å². The molecule has 0 rings (SSSR count). The van der Waals surface area contributed by atoms with E-state index in [9.17, 15) is 4.79 Å². The van der Waals surface area contributed by atoms with Gasteiger partial charge in [-0.25, -0.2) is 4.79 Å². The maximum Gasteiger partial charge on any atom is 0.332 e. The van der Waals surface area contributed by atoms with Crippen LogP contribution in [0.2, 0.25) is 0 Å². The Kier molecular flexibility index (Phi) is 5.07. The summed E-state index contributed by atoms with van der Waals surface area (Å²) in [6, 6.07) is 0. The molecule has 0 aliphatic carbocycles. The van der Waals surface area contributed by atoms with Gasteiger partial charge >= 0.3 is 5.97 Å². The first-order valence-corrected chi connectivity index (χ1v) is 3.87. The minimum atomic E-state index is -0.862. The van der Waals surface area contributed by atoms with Crippen LogP contribution in [0.5, 0.6) is 0 Å². The molecular weight excluding hydrogens is 189 g/mol. The number of halogens is 2. The molecule has 0 unspecified atom stereocenters. The van der Waals surface area contributed by atoms with Gasteiger partial charge in [0.15, 0.2) is 0 Å². The molecule has 0 spiro atoms. The maximum absolute atomic E-state index is 10.7. The fourth-order valence-corrected chi connectivity index (χ4v) is 0.509. The van der Waals surface area contributed by atoms with E-state index in [0.717, 1.165) is 6.08 Å². The molecule has 0 saturated heterocycles. The van der Waals surface area contributed by atoms with Crippen LogP contribution >= 0.6 is 23.2 Å². The van der Waals surface area contributed by atoms with Crippen molar-refractivity contribution in [1.29, 1.82) is 0 Å². The van der Waals surface area contributed by atoms with E-state index < -0.39 is 10.8 Å². The van der Waals surface area contributed by atoms with E-state index in [1.807, 2.05) is 0 Å². The molecule has 2 N–H and O–H groups in total. The van der Waals surface area contributed by atoms with E-state index >= 15 is 0 Å². The van der Waals surface area contributed by atoms with Gasteiger partial charge in [-0.3, -0.25) is 0 Å². The number of carbonyl (C=O) groups excluding carboxylic acids is 1. The summed E-state index contributed by atoms with van der Waals surface area (Å²) in [6.45, 7) is 2.00. The first-order chi connectivity index (χ1) is 5.07. The van der Waals surface area contributed by atoms with Crippen LogP contribution in [0.4, 0.5) is 0 Å². The maximum atomic E-state index is 10.7. The summed E-state index contributed by atoms with van der Waals surface area (Å²) >= 11 is 10.7. The third-order valence-corrected chi connectivity index (χ3v) is 1.33. The largest absolute Gasteiger partial charge is 0.463 e. The Morgan fingerprint density at radius 2 is 2.27 bits per heavy atom. The van der Waals surface area contributed by atoms with Crippen molar-refractivity contribution in [1.82, 2.24) is 0 Å². The number of ether oxygens (including phenoxy) is 1. The number of allylic oxidation sites excluding steroid dienone is 1. The van der Waals surface area contributed by atoms with E-state index in [1.54, 1.807) is 6.92 Å². The Morgan fingerprint density at radius 1 is 1.73 bits per heavy atom. The predicted octanol–water partition coefficient (Wildman–Crippen LogP) is 1.20. The van der Waals surface area contributed by atoms with Crippen molar-refractivity contribution in [2.75, 3.05) is 6.61 Å². The average Bonchev–Trinajstić information content (AvgIpc) is 1.87. The highest BCUT2D eigenvalue weighted by atomic mass is 35.5. The number of alkyl halides is 2. The molecule has 0 aromatic heterocycles. The van der Waals surface area contributed by atoms with Crippen LogP contribution in [0.1, 0.15) is 6.92 Å². The van der Waals surface area contributed by atoms with Crippen molar-refractivity contribution in [3.8, 4) is 0 Å². The lowest BCUT2D eigenvalue weighted by atomic mass is 10.4. The van der Waals surface area contributed by atoms with Gasteiger partial charge in [-0.2, -0.15) is 0 Å². The summed E-state index contributed by atoms with van der Waals surface area (Å²) in [5, 5.41) is 0. The van der Waals surface area contributed by atoms with Gasteiger partial charge in [0.2, 0.25) is 0 Å². The van der Waals surface area contributed by atoms with Gasteiger partial charge in [-0.1, -0.05) is 23.2 Å². The number of hydrogen-bond acceptors (Lipinski definition) is 3. The van der Waals surface area contributed by atoms with E-state index in [1.165, 1.54) is 0 Å². The van der Waals surface area contributed by atoms with Gasteiger partial charge in [0.25, 0.3) is 0 Å². The molecule has 0 aromatic rings. The van der Waals surface area contributed by atoms with Crippen LogP contribution in [0, 0.1) is 0 Å². The first-order valence-electron chi connectivity index (χ1n) is 3.00. The topological polar surface area (TPSA) is 52.3 Å². The summed E-state index contributed by atoms with van der Waals surface area (Å²) in [5.41, 5.74) is 5.33. The minimum Gasteiger partial charge on any atom is -0.463 e. The monoisotopic (exact) mass is 197 g/mol. The van der Waals surface area contributed by atoms with Gasteiger partial charge in [-0.15, -0.1) is 0 Å². The number of esters is 1. The van der Waals surface area contributed by atoms with Crippen molar-refractivity contribution in [2.45, 2.75) is 11.8 Å². The fourth-order valence-electron chi connectivity index (χ4n) is 0.383. The van der Waals surface area contributed by atoms with Gasteiger partial charge in [0.05, 0.1) is 6.61 Å². The first kappa shape index (κ1) is 10.6. The molecule has 0 amide bonds. The third-order valence-electron chi connectivity index (χ3n) is 0.823. The van der Waals surface area contributed by atoms with Crippen LogP contribution in [-0.4, -0.2) is 17.4 Å². The van der Waals surface area contributed by atoms with E-state index in [-0.39, 0.29) is 5.70 Å². The molecule has 11 heavy (non-hydrogen) atoms. The Morgan fingerprint density at radius 3 is 2.64 bits per heavy atom. The van der Waals surface area contributed by atoms with Gasteiger partial charge in [-0.05, 0) is 6.92 Å². The SMILES string of the molecule is CCOC(=O)C=C(N)C(Cl)Cl. The normalized spacial score (nSPS) is 11.8. The van der Waals surface area contributed by atoms with E-state index in [4.69, 9.17) is 28.9 Å². The van der Waals surface area contributed by atoms with Gasteiger partial charge in [0.1, 0.15) is 4.84 Å². The molecule has 5 heteroatoms. The van der Waals surface area contributed by atoms with Crippen LogP contribution in [0.15, 0.2) is 11.8 Å². The quantitative estimate of drug-likeness (QED) is 0.421. The molecule has 64 valence electrons. The molecule has 0 aliphatic heterocycles. The standard InChI is InChI=1S/C6H9Cl2NO2/c1-2-11-5(10)3-4(9)6(7)8/h3,6H,2,9H2,1H3. The lowest BCUT2D eigenvalue weighted by molar-refractivity contribution is -0.137. The van der Waals surface area contributed by atoms with Crippen molar-refractivity contribution < 1.29 is 9.53 Å². The zero-order valence-corrected chi connectivity index (χ0v) is 7.52. The summed E-state index contributed by atoms with van der Waals surface area (Å²) in [6.07, 6.45) is 1.06. The Hall–Kier alpha value is -0.410. The molecule has 0 atom stereocenters.